The number of benzene rings is 1. The van der Waals surface area contributed by atoms with Crippen molar-refractivity contribution in [3.63, 3.8) is 0 Å². The summed E-state index contributed by atoms with van der Waals surface area (Å²) >= 11 is 0. The van der Waals surface area contributed by atoms with Crippen LogP contribution < -0.4 is 5.32 Å². The molecule has 1 heterocycles. The number of hydrogen-bond acceptors (Lipinski definition) is 6. The van der Waals surface area contributed by atoms with E-state index in [1.165, 1.54) is 12.1 Å². The third kappa shape index (κ3) is 3.67. The molecule has 0 amide bonds. The SMILES string of the molecule is CCCOCCCNc1nc2ccc([N+](=O)[O-])cc2o1. The Morgan fingerprint density at radius 3 is 3.05 bits per heavy atom. The predicted octanol–water partition coefficient (Wildman–Crippen LogP) is 2.96. The lowest BCUT2D eigenvalue weighted by atomic mass is 10.3. The van der Waals surface area contributed by atoms with E-state index in [0.29, 0.717) is 30.3 Å². The fourth-order valence-electron chi connectivity index (χ4n) is 1.72. The van der Waals surface area contributed by atoms with Crippen molar-refractivity contribution in [2.45, 2.75) is 19.8 Å². The first-order valence-electron chi connectivity index (χ1n) is 6.57. The van der Waals surface area contributed by atoms with Crippen LogP contribution in [0.1, 0.15) is 19.8 Å². The number of anilines is 1. The second-order valence-corrected chi connectivity index (χ2v) is 4.32. The quantitative estimate of drug-likeness (QED) is 0.454. The molecule has 0 aliphatic rings. The number of hydrogen-bond donors (Lipinski definition) is 1. The largest absolute Gasteiger partial charge is 0.423 e. The van der Waals surface area contributed by atoms with Gasteiger partial charge in [-0.1, -0.05) is 6.92 Å². The number of nitro groups is 1. The monoisotopic (exact) mass is 279 g/mol. The van der Waals surface area contributed by atoms with Gasteiger partial charge in [-0.25, -0.2) is 0 Å². The molecule has 0 aliphatic heterocycles. The summed E-state index contributed by atoms with van der Waals surface area (Å²) in [6, 6.07) is 4.73. The average molecular weight is 279 g/mol. The molecule has 2 rings (SSSR count). The van der Waals surface area contributed by atoms with Gasteiger partial charge in [0.15, 0.2) is 5.58 Å². The molecule has 7 heteroatoms. The number of aromatic nitrogens is 1. The maximum Gasteiger partial charge on any atom is 0.295 e. The summed E-state index contributed by atoms with van der Waals surface area (Å²) in [5.74, 6) is 0. The van der Waals surface area contributed by atoms with Crippen LogP contribution in [0.3, 0.4) is 0 Å². The van der Waals surface area contributed by atoms with Gasteiger partial charge in [0.1, 0.15) is 5.52 Å². The molecular weight excluding hydrogens is 262 g/mol. The Bertz CT molecular complexity index is 582. The van der Waals surface area contributed by atoms with Gasteiger partial charge in [0.05, 0.1) is 11.0 Å². The Morgan fingerprint density at radius 2 is 2.30 bits per heavy atom. The molecule has 0 unspecified atom stereocenters. The molecule has 1 N–H and O–H groups in total. The van der Waals surface area contributed by atoms with E-state index in [0.717, 1.165) is 19.4 Å². The van der Waals surface area contributed by atoms with Crippen LogP contribution in [0.4, 0.5) is 11.7 Å². The predicted molar refractivity (Wildman–Crippen MR) is 74.9 cm³/mol. The molecule has 0 aliphatic carbocycles. The van der Waals surface area contributed by atoms with Crippen LogP contribution >= 0.6 is 0 Å². The molecule has 20 heavy (non-hydrogen) atoms. The number of nitrogens with one attached hydrogen (secondary N) is 1. The number of fused-ring (bicyclic) bond motifs is 1. The van der Waals surface area contributed by atoms with Crippen molar-refractivity contribution >= 4 is 22.8 Å². The first-order valence-corrected chi connectivity index (χ1v) is 6.57. The van der Waals surface area contributed by atoms with Gasteiger partial charge < -0.3 is 14.5 Å². The lowest BCUT2D eigenvalue weighted by Gasteiger charge is -2.02. The van der Waals surface area contributed by atoms with Gasteiger partial charge in [0.2, 0.25) is 0 Å². The normalized spacial score (nSPS) is 10.8. The van der Waals surface area contributed by atoms with Crippen molar-refractivity contribution in [2.24, 2.45) is 0 Å². The molecule has 7 nitrogen and oxygen atoms in total. The van der Waals surface area contributed by atoms with E-state index in [4.69, 9.17) is 9.15 Å². The summed E-state index contributed by atoms with van der Waals surface area (Å²) in [6.07, 6.45) is 1.86. The first kappa shape index (κ1) is 14.3. The van der Waals surface area contributed by atoms with Gasteiger partial charge in [-0.05, 0) is 18.9 Å². The van der Waals surface area contributed by atoms with E-state index in [9.17, 15) is 10.1 Å². The van der Waals surface area contributed by atoms with Crippen LogP contribution in [-0.2, 0) is 4.74 Å². The highest BCUT2D eigenvalue weighted by atomic mass is 16.6. The first-order chi connectivity index (χ1) is 9.70. The topological polar surface area (TPSA) is 90.4 Å². The number of oxazole rings is 1. The van der Waals surface area contributed by atoms with Gasteiger partial charge >= 0.3 is 0 Å². The number of nitrogens with zero attached hydrogens (tertiary/aromatic N) is 2. The minimum atomic E-state index is -0.458. The van der Waals surface area contributed by atoms with Crippen molar-refractivity contribution in [3.8, 4) is 0 Å². The van der Waals surface area contributed by atoms with Gasteiger partial charge in [0.25, 0.3) is 11.7 Å². The molecule has 0 saturated heterocycles. The number of ether oxygens (including phenoxy) is 1. The highest BCUT2D eigenvalue weighted by Gasteiger charge is 2.11. The molecule has 0 bridgehead atoms. The molecule has 0 atom stereocenters. The van der Waals surface area contributed by atoms with Crippen molar-refractivity contribution in [1.29, 1.82) is 0 Å². The van der Waals surface area contributed by atoms with Gasteiger partial charge in [-0.15, -0.1) is 0 Å². The third-order valence-electron chi connectivity index (χ3n) is 2.67. The average Bonchev–Trinajstić information content (AvgIpc) is 2.84. The minimum absolute atomic E-state index is 0.00633. The van der Waals surface area contributed by atoms with E-state index in [1.54, 1.807) is 6.07 Å². The molecule has 108 valence electrons. The van der Waals surface area contributed by atoms with Crippen LogP contribution in [0.2, 0.25) is 0 Å². The Morgan fingerprint density at radius 1 is 1.45 bits per heavy atom. The zero-order valence-corrected chi connectivity index (χ0v) is 11.3. The zero-order chi connectivity index (χ0) is 14.4. The fraction of sp³-hybridized carbons (Fsp3) is 0.462. The molecule has 0 fully saturated rings. The summed E-state index contributed by atoms with van der Waals surface area (Å²) in [6.45, 7) is 4.20. The van der Waals surface area contributed by atoms with E-state index in [-0.39, 0.29) is 5.69 Å². The summed E-state index contributed by atoms with van der Waals surface area (Å²) < 4.78 is 10.8. The smallest absolute Gasteiger partial charge is 0.295 e. The molecular formula is C13H17N3O4. The lowest BCUT2D eigenvalue weighted by Crippen LogP contribution is -2.06. The maximum absolute atomic E-state index is 10.7. The third-order valence-corrected chi connectivity index (χ3v) is 2.67. The molecule has 2 aromatic rings. The fourth-order valence-corrected chi connectivity index (χ4v) is 1.72. The summed E-state index contributed by atoms with van der Waals surface area (Å²) in [5.41, 5.74) is 0.998. The van der Waals surface area contributed by atoms with Crippen LogP contribution in [-0.4, -0.2) is 29.7 Å². The van der Waals surface area contributed by atoms with Crippen molar-refractivity contribution in [1.82, 2.24) is 4.98 Å². The molecule has 0 saturated carbocycles. The van der Waals surface area contributed by atoms with Crippen molar-refractivity contribution in [3.05, 3.63) is 28.3 Å². The van der Waals surface area contributed by atoms with E-state index in [2.05, 4.69) is 17.2 Å². The maximum atomic E-state index is 10.7. The van der Waals surface area contributed by atoms with Gasteiger partial charge in [-0.2, -0.15) is 4.98 Å². The highest BCUT2D eigenvalue weighted by Crippen LogP contribution is 2.23. The lowest BCUT2D eigenvalue weighted by molar-refractivity contribution is -0.384. The van der Waals surface area contributed by atoms with Gasteiger partial charge in [0, 0.05) is 25.8 Å². The Hall–Kier alpha value is -2.15. The molecule has 0 spiro atoms. The Labute approximate surface area is 116 Å². The second kappa shape index (κ2) is 6.85. The molecule has 1 aromatic carbocycles. The molecule has 1 aromatic heterocycles. The van der Waals surface area contributed by atoms with E-state index >= 15 is 0 Å². The number of nitro benzene ring substituents is 1. The van der Waals surface area contributed by atoms with E-state index < -0.39 is 4.92 Å². The zero-order valence-electron chi connectivity index (χ0n) is 11.3. The standard InChI is InChI=1S/C13H17N3O4/c1-2-7-19-8-3-6-14-13-15-11-5-4-10(16(17)18)9-12(11)20-13/h4-5,9H,2-3,6-8H2,1H3,(H,14,15). The summed E-state index contributed by atoms with van der Waals surface area (Å²) in [5, 5.41) is 13.7. The Kier molecular flexibility index (Phi) is 4.89. The van der Waals surface area contributed by atoms with Crippen LogP contribution in [0, 0.1) is 10.1 Å². The second-order valence-electron chi connectivity index (χ2n) is 4.32. The highest BCUT2D eigenvalue weighted by molar-refractivity contribution is 5.77. The van der Waals surface area contributed by atoms with Crippen molar-refractivity contribution in [2.75, 3.05) is 25.1 Å². The van der Waals surface area contributed by atoms with E-state index in [1.807, 2.05) is 0 Å². The molecule has 0 radical (unpaired) electrons. The minimum Gasteiger partial charge on any atom is -0.423 e. The number of rotatable bonds is 8. The van der Waals surface area contributed by atoms with Crippen LogP contribution in [0.15, 0.2) is 22.6 Å². The van der Waals surface area contributed by atoms with Crippen LogP contribution in [0.25, 0.3) is 11.1 Å². The number of non-ortho nitro benzene ring substituents is 1. The summed E-state index contributed by atoms with van der Waals surface area (Å²) in [7, 11) is 0. The van der Waals surface area contributed by atoms with Crippen LogP contribution in [0.5, 0.6) is 0 Å². The van der Waals surface area contributed by atoms with Crippen molar-refractivity contribution < 1.29 is 14.1 Å². The summed E-state index contributed by atoms with van der Waals surface area (Å²) in [4.78, 5) is 14.4. The van der Waals surface area contributed by atoms with Gasteiger partial charge in [-0.3, -0.25) is 10.1 Å². The Balaban J connectivity index is 1.89.